The van der Waals surface area contributed by atoms with E-state index in [0.717, 1.165) is 4.31 Å². The van der Waals surface area contributed by atoms with Crippen molar-refractivity contribution in [3.63, 3.8) is 0 Å². The molecule has 3 N–H and O–H groups in total. The lowest BCUT2D eigenvalue weighted by Crippen LogP contribution is -2.55. The molecule has 1 rings (SSSR count). The van der Waals surface area contributed by atoms with E-state index in [2.05, 4.69) is 0 Å². The minimum Gasteiger partial charge on any atom is -0.371 e. The third kappa shape index (κ3) is 4.69. The van der Waals surface area contributed by atoms with Crippen molar-refractivity contribution in [2.24, 2.45) is 5.73 Å². The summed E-state index contributed by atoms with van der Waals surface area (Å²) in [5.41, 5.74) is 5.37. The second-order valence-corrected chi connectivity index (χ2v) is 5.82. The topological polar surface area (TPSA) is 84.7 Å². The maximum absolute atomic E-state index is 12.0. The van der Waals surface area contributed by atoms with Crippen LogP contribution in [0.4, 0.5) is 13.2 Å². The van der Waals surface area contributed by atoms with E-state index in [-0.39, 0.29) is 19.6 Å². The van der Waals surface area contributed by atoms with Crippen LogP contribution < -0.4 is 10.5 Å². The van der Waals surface area contributed by atoms with Gasteiger partial charge in [0.2, 0.25) is 0 Å². The molecule has 0 spiro atoms. The third-order valence-electron chi connectivity index (χ3n) is 2.35. The molecule has 1 heterocycles. The lowest BCUT2D eigenvalue weighted by Gasteiger charge is -2.35. The molecule has 0 aromatic carbocycles. The number of nitrogens with one attached hydrogen (secondary N) is 1. The van der Waals surface area contributed by atoms with E-state index in [4.69, 9.17) is 10.5 Å². The summed E-state index contributed by atoms with van der Waals surface area (Å²) in [5.74, 6) is 0. The summed E-state index contributed by atoms with van der Waals surface area (Å²) in [6.45, 7) is 0.107. The Kier molecular flexibility index (Phi) is 4.95. The Balaban J connectivity index is 2.66. The van der Waals surface area contributed by atoms with Crippen molar-refractivity contribution in [1.82, 2.24) is 9.03 Å². The summed E-state index contributed by atoms with van der Waals surface area (Å²) < 4.78 is 67.0. The minimum absolute atomic E-state index is 0.00366. The molecule has 1 aliphatic rings. The Morgan fingerprint density at radius 3 is 2.56 bits per heavy atom. The molecule has 6 nitrogen and oxygen atoms in total. The highest BCUT2D eigenvalue weighted by atomic mass is 32.2. The van der Waals surface area contributed by atoms with Gasteiger partial charge in [0.15, 0.2) is 0 Å². The minimum atomic E-state index is -4.59. The van der Waals surface area contributed by atoms with E-state index >= 15 is 0 Å². The van der Waals surface area contributed by atoms with Gasteiger partial charge in [-0.15, -0.1) is 0 Å². The zero-order valence-electron chi connectivity index (χ0n) is 9.77. The first-order valence-electron chi connectivity index (χ1n) is 5.31. The molecular weight excluding hydrogens is 275 g/mol. The molecule has 0 aromatic heterocycles. The van der Waals surface area contributed by atoms with E-state index in [1.165, 1.54) is 4.72 Å². The van der Waals surface area contributed by atoms with Crippen LogP contribution in [-0.4, -0.2) is 57.3 Å². The monoisotopic (exact) mass is 291 g/mol. The first kappa shape index (κ1) is 15.6. The molecule has 1 saturated heterocycles. The van der Waals surface area contributed by atoms with Gasteiger partial charge in [0, 0.05) is 19.6 Å². The van der Waals surface area contributed by atoms with Crippen molar-refractivity contribution >= 4 is 10.2 Å². The predicted molar refractivity (Wildman–Crippen MR) is 57.9 cm³/mol. The number of ether oxygens (including phenoxy) is 1. The Morgan fingerprint density at radius 2 is 2.06 bits per heavy atom. The van der Waals surface area contributed by atoms with Gasteiger partial charge in [0.25, 0.3) is 10.2 Å². The van der Waals surface area contributed by atoms with Crippen LogP contribution in [0.5, 0.6) is 0 Å². The van der Waals surface area contributed by atoms with Gasteiger partial charge in [-0.2, -0.15) is 30.6 Å². The molecule has 1 aliphatic heterocycles. The van der Waals surface area contributed by atoms with E-state index in [9.17, 15) is 21.6 Å². The molecule has 2 atom stereocenters. The van der Waals surface area contributed by atoms with Gasteiger partial charge in [-0.1, -0.05) is 0 Å². The zero-order chi connectivity index (χ0) is 14.0. The molecule has 18 heavy (non-hydrogen) atoms. The largest absolute Gasteiger partial charge is 0.402 e. The quantitative estimate of drug-likeness (QED) is 0.726. The number of nitrogens with zero attached hydrogens (tertiary/aromatic N) is 1. The fraction of sp³-hybridized carbons (Fsp3) is 1.00. The number of halogens is 3. The molecule has 0 bridgehead atoms. The average molecular weight is 291 g/mol. The van der Waals surface area contributed by atoms with Crippen molar-refractivity contribution in [2.75, 3.05) is 26.2 Å². The summed E-state index contributed by atoms with van der Waals surface area (Å²) in [4.78, 5) is 0. The maximum atomic E-state index is 12.0. The molecule has 108 valence electrons. The highest BCUT2D eigenvalue weighted by Gasteiger charge is 2.35. The van der Waals surface area contributed by atoms with Crippen LogP contribution in [0, 0.1) is 0 Å². The molecule has 0 aliphatic carbocycles. The third-order valence-corrected chi connectivity index (χ3v) is 3.84. The van der Waals surface area contributed by atoms with Gasteiger partial charge in [0.05, 0.1) is 12.2 Å². The van der Waals surface area contributed by atoms with E-state index in [1.807, 2.05) is 0 Å². The number of rotatable bonds is 4. The first-order valence-corrected chi connectivity index (χ1v) is 6.75. The summed E-state index contributed by atoms with van der Waals surface area (Å²) in [7, 11) is -4.16. The van der Waals surface area contributed by atoms with E-state index < -0.39 is 35.1 Å². The summed E-state index contributed by atoms with van der Waals surface area (Å²) in [5, 5.41) is 0. The van der Waals surface area contributed by atoms with Crippen molar-refractivity contribution in [1.29, 1.82) is 0 Å². The summed E-state index contributed by atoms with van der Waals surface area (Å²) in [6.07, 6.45) is -5.50. The Hall–Kier alpha value is -0.420. The second kappa shape index (κ2) is 5.70. The van der Waals surface area contributed by atoms with Crippen LogP contribution >= 0.6 is 0 Å². The Morgan fingerprint density at radius 1 is 1.44 bits per heavy atom. The van der Waals surface area contributed by atoms with Crippen LogP contribution in [0.25, 0.3) is 0 Å². The normalized spacial score (nSPS) is 27.4. The standard InChI is InChI=1S/C8H16F3N3O3S/c1-6-3-14(4-7(2-12)17-6)18(15,16)13-5-8(9,10)11/h6-7,13H,2-5,12H2,1H3. The maximum Gasteiger partial charge on any atom is 0.402 e. The highest BCUT2D eigenvalue weighted by Crippen LogP contribution is 2.16. The van der Waals surface area contributed by atoms with Gasteiger partial charge >= 0.3 is 6.18 Å². The number of morpholine rings is 1. The molecule has 1 fully saturated rings. The second-order valence-electron chi connectivity index (χ2n) is 4.06. The van der Waals surface area contributed by atoms with Crippen molar-refractivity contribution in [2.45, 2.75) is 25.3 Å². The zero-order valence-corrected chi connectivity index (χ0v) is 10.6. The highest BCUT2D eigenvalue weighted by molar-refractivity contribution is 7.87. The predicted octanol–water partition coefficient (Wildman–Crippen LogP) is -0.569. The molecule has 10 heteroatoms. The molecule has 0 aromatic rings. The van der Waals surface area contributed by atoms with Crippen LogP contribution in [-0.2, 0) is 14.9 Å². The van der Waals surface area contributed by atoms with Gasteiger partial charge in [-0.3, -0.25) is 0 Å². The summed E-state index contributed by atoms with van der Waals surface area (Å²) in [6, 6.07) is 0. The molecule has 2 unspecified atom stereocenters. The number of nitrogens with two attached hydrogens (primary N) is 1. The Bertz CT molecular complexity index is 374. The van der Waals surface area contributed by atoms with Gasteiger partial charge in [0.1, 0.15) is 6.54 Å². The number of hydrogen-bond acceptors (Lipinski definition) is 4. The van der Waals surface area contributed by atoms with Gasteiger partial charge < -0.3 is 10.5 Å². The average Bonchev–Trinajstić information content (AvgIpc) is 2.25. The lowest BCUT2D eigenvalue weighted by atomic mass is 10.2. The number of hydrogen-bond donors (Lipinski definition) is 2. The summed E-state index contributed by atoms with van der Waals surface area (Å²) >= 11 is 0. The number of alkyl halides is 3. The fourth-order valence-electron chi connectivity index (χ4n) is 1.59. The van der Waals surface area contributed by atoms with Gasteiger partial charge in [-0.25, -0.2) is 0 Å². The SMILES string of the molecule is CC1CN(S(=O)(=O)NCC(F)(F)F)CC(CN)O1. The molecular formula is C8H16F3N3O3S. The van der Waals surface area contributed by atoms with Crippen LogP contribution in [0.3, 0.4) is 0 Å². The Labute approximate surface area is 103 Å². The smallest absolute Gasteiger partial charge is 0.371 e. The van der Waals surface area contributed by atoms with E-state index in [1.54, 1.807) is 6.92 Å². The van der Waals surface area contributed by atoms with Crippen molar-refractivity contribution in [3.05, 3.63) is 0 Å². The van der Waals surface area contributed by atoms with E-state index in [0.29, 0.717) is 0 Å². The van der Waals surface area contributed by atoms with Crippen LogP contribution in [0.15, 0.2) is 0 Å². The van der Waals surface area contributed by atoms with Crippen molar-refractivity contribution < 1.29 is 26.3 Å². The fourth-order valence-corrected chi connectivity index (χ4v) is 2.89. The molecule has 0 saturated carbocycles. The molecule has 0 radical (unpaired) electrons. The van der Waals surface area contributed by atoms with Crippen LogP contribution in [0.2, 0.25) is 0 Å². The lowest BCUT2D eigenvalue weighted by molar-refractivity contribution is -0.121. The van der Waals surface area contributed by atoms with Crippen molar-refractivity contribution in [3.8, 4) is 0 Å². The van der Waals surface area contributed by atoms with Crippen LogP contribution in [0.1, 0.15) is 6.92 Å². The van der Waals surface area contributed by atoms with Gasteiger partial charge in [-0.05, 0) is 6.92 Å². The molecule has 0 amide bonds. The first-order chi connectivity index (χ1) is 8.14.